The van der Waals surface area contributed by atoms with E-state index < -0.39 is 20.3 Å². The van der Waals surface area contributed by atoms with Crippen LogP contribution in [0, 0.1) is 0 Å². The second-order valence-electron chi connectivity index (χ2n) is 13.6. The molecule has 6 rings (SSSR count). The summed E-state index contributed by atoms with van der Waals surface area (Å²) in [5, 5.41) is 0. The molecular weight excluding hydrogens is 671 g/mol. The third-order valence-corrected chi connectivity index (χ3v) is 20.8. The summed E-state index contributed by atoms with van der Waals surface area (Å²) >= 11 is -2.97. The van der Waals surface area contributed by atoms with E-state index >= 15 is 0 Å². The van der Waals surface area contributed by atoms with Gasteiger partial charge in [0, 0.05) is 0 Å². The average molecular weight is 719 g/mol. The van der Waals surface area contributed by atoms with Gasteiger partial charge in [-0.25, -0.2) is 0 Å². The summed E-state index contributed by atoms with van der Waals surface area (Å²) in [5.41, 5.74) is 17.7. The molecule has 0 spiro atoms. The maximum atomic E-state index is 2.73. The Labute approximate surface area is 287 Å². The minimum Gasteiger partial charge on any atom is -1.00 e. The van der Waals surface area contributed by atoms with Crippen molar-refractivity contribution in [3.8, 4) is 22.3 Å². The molecule has 4 aromatic carbocycles. The van der Waals surface area contributed by atoms with E-state index in [2.05, 4.69) is 148 Å². The van der Waals surface area contributed by atoms with Crippen LogP contribution in [0.15, 0.2) is 96.1 Å². The van der Waals surface area contributed by atoms with Gasteiger partial charge in [0.15, 0.2) is 0 Å². The molecule has 2 atom stereocenters. The number of hydrogen-bond acceptors (Lipinski definition) is 0. The number of halogens is 2. The summed E-state index contributed by atoms with van der Waals surface area (Å²) in [6.45, 7) is 14.2. The van der Waals surface area contributed by atoms with Gasteiger partial charge in [-0.1, -0.05) is 0 Å². The Balaban J connectivity index is 0.00000176. The number of allylic oxidation sites excluding steroid dienone is 2. The van der Waals surface area contributed by atoms with E-state index in [1.54, 1.807) is 22.3 Å². The quantitative estimate of drug-likeness (QED) is 0.254. The minimum absolute atomic E-state index is 0. The first kappa shape index (κ1) is 36.5. The van der Waals surface area contributed by atoms with Crippen molar-refractivity contribution in [1.82, 2.24) is 0 Å². The van der Waals surface area contributed by atoms with Gasteiger partial charge in [-0.3, -0.25) is 0 Å². The van der Waals surface area contributed by atoms with E-state index in [0.29, 0.717) is 19.1 Å². The molecule has 0 heterocycles. The van der Waals surface area contributed by atoms with E-state index in [9.17, 15) is 0 Å². The zero-order valence-electron chi connectivity index (χ0n) is 26.8. The molecule has 0 aromatic heterocycles. The molecule has 4 heteroatoms. The summed E-state index contributed by atoms with van der Waals surface area (Å²) in [4.78, 5) is 0. The first-order valence-corrected chi connectivity index (χ1v) is 23.2. The van der Waals surface area contributed by atoms with Crippen LogP contribution in [-0.2, 0) is 20.3 Å². The van der Waals surface area contributed by atoms with Gasteiger partial charge in [0.1, 0.15) is 0 Å². The molecule has 2 unspecified atom stereocenters. The summed E-state index contributed by atoms with van der Waals surface area (Å²) in [6, 6.07) is 32.2. The van der Waals surface area contributed by atoms with E-state index in [1.807, 2.05) is 0 Å². The van der Waals surface area contributed by atoms with Gasteiger partial charge in [0.25, 0.3) is 0 Å². The molecule has 230 valence electrons. The van der Waals surface area contributed by atoms with Gasteiger partial charge >= 0.3 is 254 Å². The molecule has 0 fully saturated rings. The third-order valence-electron chi connectivity index (χ3n) is 9.74. The molecule has 0 radical (unpaired) electrons. The third kappa shape index (κ3) is 6.35. The van der Waals surface area contributed by atoms with Gasteiger partial charge in [0.05, 0.1) is 0 Å². The molecule has 44 heavy (non-hydrogen) atoms. The summed E-state index contributed by atoms with van der Waals surface area (Å²) < 4.78 is 6.58. The fourth-order valence-electron chi connectivity index (χ4n) is 7.83. The molecule has 0 saturated heterocycles. The van der Waals surface area contributed by atoms with E-state index in [4.69, 9.17) is 0 Å². The molecule has 0 bridgehead atoms. The predicted octanol–water partition coefficient (Wildman–Crippen LogP) is 4.69. The van der Waals surface area contributed by atoms with Crippen LogP contribution in [0.2, 0.25) is 9.26 Å². The van der Waals surface area contributed by atoms with Crippen molar-refractivity contribution in [2.45, 2.75) is 69.9 Å². The Morgan fingerprint density at radius 3 is 1.20 bits per heavy atom. The van der Waals surface area contributed by atoms with Gasteiger partial charge in [0.2, 0.25) is 0 Å². The number of benzene rings is 4. The van der Waals surface area contributed by atoms with Crippen molar-refractivity contribution in [1.29, 1.82) is 0 Å². The monoisotopic (exact) mass is 716 g/mol. The van der Waals surface area contributed by atoms with Crippen LogP contribution in [0.5, 0.6) is 0 Å². The summed E-state index contributed by atoms with van der Waals surface area (Å²) in [6.07, 6.45) is 5.08. The van der Waals surface area contributed by atoms with Crippen LogP contribution < -0.4 is 24.8 Å². The Morgan fingerprint density at radius 1 is 0.545 bits per heavy atom. The first-order chi connectivity index (χ1) is 19.6. The van der Waals surface area contributed by atoms with Crippen molar-refractivity contribution in [2.75, 3.05) is 0 Å². The molecule has 2 aliphatic rings. The average Bonchev–Trinajstić information content (AvgIpc) is 3.48. The van der Waals surface area contributed by atoms with Gasteiger partial charge in [-0.15, -0.1) is 0 Å². The number of fused-ring (bicyclic) bond motifs is 2. The van der Waals surface area contributed by atoms with Crippen LogP contribution in [0.1, 0.15) is 94.0 Å². The van der Waals surface area contributed by atoms with Crippen LogP contribution >= 0.6 is 0 Å². The summed E-state index contributed by atoms with van der Waals surface area (Å²) in [7, 11) is 0. The smallest absolute Gasteiger partial charge is 0.0149 e. The Kier molecular flexibility index (Phi) is 11.8. The first-order valence-electron chi connectivity index (χ1n) is 15.4. The number of hydrogen-bond donors (Lipinski definition) is 0. The zero-order valence-corrected chi connectivity index (χ0v) is 30.8. The van der Waals surface area contributed by atoms with Crippen molar-refractivity contribution < 1.29 is 45.1 Å². The molecular formula is C40H48Cl2SiZr. The van der Waals surface area contributed by atoms with E-state index in [0.717, 1.165) is 0 Å². The maximum absolute atomic E-state index is 2.97. The van der Waals surface area contributed by atoms with Crippen molar-refractivity contribution in [3.63, 3.8) is 0 Å². The van der Waals surface area contributed by atoms with Crippen LogP contribution in [0.4, 0.5) is 0 Å². The van der Waals surface area contributed by atoms with Gasteiger partial charge < -0.3 is 24.8 Å². The van der Waals surface area contributed by atoms with Crippen molar-refractivity contribution >= 4 is 23.1 Å². The van der Waals surface area contributed by atoms with Gasteiger partial charge in [-0.05, 0) is 11.0 Å². The molecule has 0 amide bonds. The second kappa shape index (κ2) is 14.2. The Morgan fingerprint density at radius 2 is 0.886 bits per heavy atom. The standard InChI is InChI=1S/2C19H19.2CH3.2ClH.H4Si.Zr/c2*1-13(2)16-11-17-9-14(3)10-18(17)19(12-16)15-7-5-4-6-8-15;;;;;;/h2*4-13H,1-3H3;2*1H3;2*1H;1H4;/q;;;;;;;+2/p-2. The fourth-order valence-corrected chi connectivity index (χ4v) is 19.9. The second-order valence-corrected chi connectivity index (χ2v) is 25.4. The molecule has 0 aliphatic heterocycles. The van der Waals surface area contributed by atoms with E-state index in [1.165, 1.54) is 44.5 Å². The molecule has 0 nitrogen and oxygen atoms in total. The molecule has 2 aliphatic carbocycles. The van der Waals surface area contributed by atoms with Crippen molar-refractivity contribution in [3.05, 3.63) is 129 Å². The molecule has 4 aromatic rings. The predicted molar refractivity (Wildman–Crippen MR) is 188 cm³/mol. The van der Waals surface area contributed by atoms with E-state index in [-0.39, 0.29) is 35.8 Å². The summed E-state index contributed by atoms with van der Waals surface area (Å²) in [5.74, 6) is 0.997. The SMILES string of the molecule is CC1=Cc2c(-c3ccccc3)cc(C(C)C)cc2[CH]1[Zr+2]([CH3])([CH3])[CH]1C(C)=Cc2c(-c3ccccc3)cc(C(C)C)cc21.[Cl-].[Cl-].[SiH4]. The van der Waals surface area contributed by atoms with Gasteiger partial charge in [-0.2, -0.15) is 0 Å². The Hall–Kier alpha value is -1.96. The van der Waals surface area contributed by atoms with Crippen LogP contribution in [-0.4, -0.2) is 11.0 Å². The van der Waals surface area contributed by atoms with Crippen molar-refractivity contribution in [2.24, 2.45) is 0 Å². The Bertz CT molecular complexity index is 1560. The molecule has 0 saturated carbocycles. The normalized spacial score (nSPS) is 16.4. The maximum Gasteiger partial charge on any atom is -0.0149 e. The zero-order chi connectivity index (χ0) is 29.1. The topological polar surface area (TPSA) is 0 Å². The van der Waals surface area contributed by atoms with Crippen LogP contribution in [0.25, 0.3) is 34.4 Å². The fraction of sp³-hybridized carbons (Fsp3) is 0.300. The van der Waals surface area contributed by atoms with Crippen LogP contribution in [0.3, 0.4) is 0 Å². The minimum atomic E-state index is -2.97. The molecule has 0 N–H and O–H groups in total. The largest absolute Gasteiger partial charge is 1.00 e. The number of rotatable bonds is 6.